The lowest BCUT2D eigenvalue weighted by molar-refractivity contribution is 0.0690. The summed E-state index contributed by atoms with van der Waals surface area (Å²) in [5.41, 5.74) is 3.03. The fourth-order valence-corrected chi connectivity index (χ4v) is 2.63. The summed E-state index contributed by atoms with van der Waals surface area (Å²) in [6, 6.07) is 5.80. The van der Waals surface area contributed by atoms with Gasteiger partial charge in [-0.05, 0) is 36.9 Å². The first-order valence-electron chi connectivity index (χ1n) is 6.84. The van der Waals surface area contributed by atoms with Gasteiger partial charge in [-0.3, -0.25) is 9.97 Å². The number of aromatic carboxylic acids is 1. The third-order valence-corrected chi connectivity index (χ3v) is 4.07. The lowest BCUT2D eigenvalue weighted by Crippen LogP contribution is -1.98. The van der Waals surface area contributed by atoms with Crippen LogP contribution in [0, 0.1) is 6.92 Å². The number of aromatic nitrogens is 4. The summed E-state index contributed by atoms with van der Waals surface area (Å²) in [6.07, 6.45) is 7.27. The van der Waals surface area contributed by atoms with Crippen LogP contribution in [0.1, 0.15) is 16.2 Å². The number of carboxylic acids is 1. The van der Waals surface area contributed by atoms with Crippen LogP contribution in [-0.2, 0) is 0 Å². The third kappa shape index (κ3) is 3.09. The van der Waals surface area contributed by atoms with Gasteiger partial charge >= 0.3 is 5.97 Å². The number of hydrogen-bond acceptors (Lipinski definition) is 5. The molecule has 0 radical (unpaired) electrons. The van der Waals surface area contributed by atoms with Crippen molar-refractivity contribution in [1.29, 1.82) is 0 Å². The molecular formula is C16H14N4O2S. The molecule has 0 atom stereocenters. The van der Waals surface area contributed by atoms with E-state index >= 15 is 0 Å². The summed E-state index contributed by atoms with van der Waals surface area (Å²) in [5.74, 6) is -0.617. The summed E-state index contributed by atoms with van der Waals surface area (Å²) < 4.78 is 0. The van der Waals surface area contributed by atoms with E-state index in [9.17, 15) is 4.79 Å². The summed E-state index contributed by atoms with van der Waals surface area (Å²) >= 11 is 1.62. The number of imidazole rings is 1. The second kappa shape index (κ2) is 6.21. The Bertz CT molecular complexity index is 876. The van der Waals surface area contributed by atoms with Gasteiger partial charge in [-0.25, -0.2) is 9.78 Å². The smallest absolute Gasteiger partial charge is 0.356 e. The van der Waals surface area contributed by atoms with E-state index in [2.05, 4.69) is 19.9 Å². The van der Waals surface area contributed by atoms with Gasteiger partial charge in [-0.15, -0.1) is 11.8 Å². The van der Waals surface area contributed by atoms with Crippen LogP contribution in [0.5, 0.6) is 0 Å². The zero-order chi connectivity index (χ0) is 16.4. The van der Waals surface area contributed by atoms with E-state index in [-0.39, 0.29) is 5.69 Å². The maximum Gasteiger partial charge on any atom is 0.356 e. The Hall–Kier alpha value is -2.67. The molecule has 3 aromatic rings. The van der Waals surface area contributed by atoms with Crippen molar-refractivity contribution in [2.45, 2.75) is 11.8 Å². The van der Waals surface area contributed by atoms with Crippen LogP contribution >= 0.6 is 11.8 Å². The van der Waals surface area contributed by atoms with Crippen molar-refractivity contribution in [3.05, 3.63) is 48.2 Å². The molecule has 7 heteroatoms. The predicted octanol–water partition coefficient (Wildman–Crippen LogP) is 3.26. The average Bonchev–Trinajstić information content (AvgIpc) is 2.97. The zero-order valence-electron chi connectivity index (χ0n) is 12.6. The van der Waals surface area contributed by atoms with Crippen LogP contribution in [0.25, 0.3) is 22.6 Å². The van der Waals surface area contributed by atoms with Crippen LogP contribution < -0.4 is 0 Å². The van der Waals surface area contributed by atoms with Crippen LogP contribution in [0.3, 0.4) is 0 Å². The van der Waals surface area contributed by atoms with Gasteiger partial charge in [-0.1, -0.05) is 0 Å². The number of nitrogens with zero attached hydrogens (tertiary/aromatic N) is 3. The van der Waals surface area contributed by atoms with E-state index in [4.69, 9.17) is 5.11 Å². The summed E-state index contributed by atoms with van der Waals surface area (Å²) in [6.45, 7) is 1.68. The van der Waals surface area contributed by atoms with E-state index < -0.39 is 5.97 Å². The normalized spacial score (nSPS) is 10.7. The Kier molecular flexibility index (Phi) is 4.12. The van der Waals surface area contributed by atoms with E-state index in [1.807, 2.05) is 30.7 Å². The Morgan fingerprint density at radius 3 is 2.78 bits per heavy atom. The second-order valence-electron chi connectivity index (χ2n) is 4.91. The molecule has 0 aliphatic heterocycles. The molecule has 116 valence electrons. The number of carboxylic acid groups (broad SMARTS) is 1. The first-order chi connectivity index (χ1) is 11.1. The van der Waals surface area contributed by atoms with Gasteiger partial charge in [-0.2, -0.15) is 0 Å². The number of aryl methyl sites for hydroxylation is 1. The Morgan fingerprint density at radius 1 is 1.26 bits per heavy atom. The standard InChI is InChI=1S/C16H14N4O2S/c1-9-14(16(21)22)20-15(19-9)13-6-10(3-4-18-13)11-5-12(23-2)8-17-7-11/h3-8H,1-2H3,(H,19,20)(H,21,22). The van der Waals surface area contributed by atoms with Crippen LogP contribution in [0.4, 0.5) is 0 Å². The van der Waals surface area contributed by atoms with Gasteiger partial charge in [0.1, 0.15) is 5.69 Å². The quantitative estimate of drug-likeness (QED) is 0.715. The van der Waals surface area contributed by atoms with Gasteiger partial charge in [0, 0.05) is 34.7 Å². The molecule has 0 aliphatic carbocycles. The van der Waals surface area contributed by atoms with Gasteiger partial charge in [0.15, 0.2) is 11.5 Å². The molecule has 0 amide bonds. The average molecular weight is 326 g/mol. The molecule has 3 aromatic heterocycles. The van der Waals surface area contributed by atoms with Gasteiger partial charge in [0.25, 0.3) is 0 Å². The number of pyridine rings is 2. The first kappa shape index (κ1) is 15.2. The molecule has 2 N–H and O–H groups in total. The molecule has 0 spiro atoms. The van der Waals surface area contributed by atoms with Crippen molar-refractivity contribution in [3.8, 4) is 22.6 Å². The van der Waals surface area contributed by atoms with Gasteiger partial charge < -0.3 is 10.1 Å². The van der Waals surface area contributed by atoms with Gasteiger partial charge in [0.05, 0.1) is 0 Å². The van der Waals surface area contributed by atoms with Crippen molar-refractivity contribution in [1.82, 2.24) is 19.9 Å². The molecule has 0 fully saturated rings. The number of aromatic amines is 1. The molecule has 0 saturated carbocycles. The van der Waals surface area contributed by atoms with E-state index in [0.29, 0.717) is 17.2 Å². The molecule has 3 rings (SSSR count). The van der Waals surface area contributed by atoms with Crippen molar-refractivity contribution < 1.29 is 9.90 Å². The zero-order valence-corrected chi connectivity index (χ0v) is 13.4. The maximum atomic E-state index is 11.1. The lowest BCUT2D eigenvalue weighted by Gasteiger charge is -2.04. The Balaban J connectivity index is 2.03. The minimum absolute atomic E-state index is 0.0123. The summed E-state index contributed by atoms with van der Waals surface area (Å²) in [4.78, 5) is 27.8. The van der Waals surface area contributed by atoms with E-state index in [1.165, 1.54) is 0 Å². The number of thioether (sulfide) groups is 1. The third-order valence-electron chi connectivity index (χ3n) is 3.37. The fraction of sp³-hybridized carbons (Fsp3) is 0.125. The summed E-state index contributed by atoms with van der Waals surface area (Å²) in [7, 11) is 0. The SMILES string of the molecule is CSc1cncc(-c2ccnc(-c3nc(C(=O)O)c(C)[nH]3)c2)c1. The Morgan fingerprint density at radius 2 is 2.09 bits per heavy atom. The fourth-order valence-electron chi connectivity index (χ4n) is 2.22. The number of H-pyrrole nitrogens is 1. The molecule has 0 unspecified atom stereocenters. The van der Waals surface area contributed by atoms with Crippen LogP contribution in [-0.4, -0.2) is 37.3 Å². The number of nitrogens with one attached hydrogen (secondary N) is 1. The number of rotatable bonds is 4. The molecule has 23 heavy (non-hydrogen) atoms. The number of carbonyl (C=O) groups is 1. The molecule has 0 aromatic carbocycles. The molecule has 0 bridgehead atoms. The minimum Gasteiger partial charge on any atom is -0.476 e. The highest BCUT2D eigenvalue weighted by atomic mass is 32.2. The van der Waals surface area contributed by atoms with Crippen LogP contribution in [0.15, 0.2) is 41.7 Å². The van der Waals surface area contributed by atoms with E-state index in [1.54, 1.807) is 31.1 Å². The second-order valence-corrected chi connectivity index (χ2v) is 5.79. The Labute approximate surface area is 137 Å². The molecular weight excluding hydrogens is 312 g/mol. The van der Waals surface area contributed by atoms with Gasteiger partial charge in [0.2, 0.25) is 0 Å². The van der Waals surface area contributed by atoms with E-state index in [0.717, 1.165) is 16.0 Å². The summed E-state index contributed by atoms with van der Waals surface area (Å²) in [5, 5.41) is 9.10. The highest BCUT2D eigenvalue weighted by Gasteiger charge is 2.15. The molecule has 0 aliphatic rings. The predicted molar refractivity (Wildman–Crippen MR) is 88.5 cm³/mol. The number of hydrogen-bond donors (Lipinski definition) is 2. The molecule has 0 saturated heterocycles. The molecule has 3 heterocycles. The topological polar surface area (TPSA) is 91.8 Å². The molecule has 6 nitrogen and oxygen atoms in total. The van der Waals surface area contributed by atoms with Crippen molar-refractivity contribution in [3.63, 3.8) is 0 Å². The van der Waals surface area contributed by atoms with Crippen LogP contribution in [0.2, 0.25) is 0 Å². The highest BCUT2D eigenvalue weighted by molar-refractivity contribution is 7.98. The monoisotopic (exact) mass is 326 g/mol. The van der Waals surface area contributed by atoms with Crippen molar-refractivity contribution in [2.24, 2.45) is 0 Å². The lowest BCUT2D eigenvalue weighted by atomic mass is 10.1. The van der Waals surface area contributed by atoms with Crippen molar-refractivity contribution >= 4 is 17.7 Å². The first-order valence-corrected chi connectivity index (χ1v) is 8.06. The maximum absolute atomic E-state index is 11.1. The highest BCUT2D eigenvalue weighted by Crippen LogP contribution is 2.26. The minimum atomic E-state index is -1.06. The largest absolute Gasteiger partial charge is 0.476 e. The van der Waals surface area contributed by atoms with Crippen molar-refractivity contribution in [2.75, 3.05) is 6.26 Å².